The lowest BCUT2D eigenvalue weighted by molar-refractivity contribution is -0.139. The predicted octanol–water partition coefficient (Wildman–Crippen LogP) is 3.24. The fraction of sp³-hybridized carbons (Fsp3) is 0.533. The van der Waals surface area contributed by atoms with Crippen LogP contribution in [0.15, 0.2) is 23.1 Å². The molecule has 1 aromatic carbocycles. The van der Waals surface area contributed by atoms with Gasteiger partial charge < -0.3 is 10.4 Å². The standard InChI is InChI=1S/C15H23NO2S/c1-4-5-14(15(17)18)16-8-9-19-13-7-6-11(2)12(3)10-13/h6-7,10,14,16H,4-5,8-9H2,1-3H3,(H,17,18). The Morgan fingerprint density at radius 1 is 1.37 bits per heavy atom. The molecule has 3 nitrogen and oxygen atoms in total. The maximum absolute atomic E-state index is 11.0. The molecule has 0 saturated heterocycles. The number of nitrogens with one attached hydrogen (secondary N) is 1. The van der Waals surface area contributed by atoms with Gasteiger partial charge in [0.1, 0.15) is 6.04 Å². The fourth-order valence-corrected chi connectivity index (χ4v) is 2.69. The first-order valence-electron chi connectivity index (χ1n) is 6.70. The van der Waals surface area contributed by atoms with Crippen LogP contribution in [0.1, 0.15) is 30.9 Å². The number of benzene rings is 1. The van der Waals surface area contributed by atoms with E-state index in [0.717, 1.165) is 12.2 Å². The molecule has 0 amide bonds. The summed E-state index contributed by atoms with van der Waals surface area (Å²) in [5.74, 6) is 0.133. The van der Waals surface area contributed by atoms with E-state index in [2.05, 4.69) is 37.4 Å². The van der Waals surface area contributed by atoms with Gasteiger partial charge in [-0.1, -0.05) is 19.4 Å². The van der Waals surface area contributed by atoms with Gasteiger partial charge in [0.05, 0.1) is 0 Å². The van der Waals surface area contributed by atoms with Crippen molar-refractivity contribution in [2.45, 2.75) is 44.6 Å². The molecule has 0 saturated carbocycles. The van der Waals surface area contributed by atoms with Crippen LogP contribution >= 0.6 is 11.8 Å². The summed E-state index contributed by atoms with van der Waals surface area (Å²) in [6, 6.07) is 6.02. The topological polar surface area (TPSA) is 49.3 Å². The highest BCUT2D eigenvalue weighted by Gasteiger charge is 2.14. The maximum Gasteiger partial charge on any atom is 0.320 e. The number of carbonyl (C=O) groups is 1. The van der Waals surface area contributed by atoms with Crippen molar-refractivity contribution in [2.24, 2.45) is 0 Å². The first-order valence-corrected chi connectivity index (χ1v) is 7.69. The van der Waals surface area contributed by atoms with E-state index in [4.69, 9.17) is 5.11 Å². The second-order valence-corrected chi connectivity index (χ2v) is 5.90. The van der Waals surface area contributed by atoms with Crippen molar-refractivity contribution in [3.63, 3.8) is 0 Å². The molecule has 0 spiro atoms. The molecule has 0 heterocycles. The van der Waals surface area contributed by atoms with Crippen LogP contribution in [0.25, 0.3) is 0 Å². The van der Waals surface area contributed by atoms with E-state index in [1.807, 2.05) is 6.92 Å². The zero-order valence-corrected chi connectivity index (χ0v) is 12.7. The maximum atomic E-state index is 11.0. The average Bonchev–Trinajstić information content (AvgIpc) is 2.37. The largest absolute Gasteiger partial charge is 0.480 e. The molecule has 0 aliphatic carbocycles. The van der Waals surface area contributed by atoms with Crippen molar-refractivity contribution in [3.05, 3.63) is 29.3 Å². The molecule has 0 radical (unpaired) electrons. The van der Waals surface area contributed by atoms with E-state index in [9.17, 15) is 4.79 Å². The third kappa shape index (κ3) is 5.66. The Morgan fingerprint density at radius 3 is 2.68 bits per heavy atom. The molecule has 1 rings (SSSR count). The number of rotatable bonds is 8. The number of hydrogen-bond donors (Lipinski definition) is 2. The van der Waals surface area contributed by atoms with Crippen LogP contribution in [0.2, 0.25) is 0 Å². The number of hydrogen-bond acceptors (Lipinski definition) is 3. The second kappa shape index (κ2) is 8.23. The second-order valence-electron chi connectivity index (χ2n) is 4.73. The van der Waals surface area contributed by atoms with Gasteiger partial charge in [-0.05, 0) is 43.5 Å². The van der Waals surface area contributed by atoms with Crippen molar-refractivity contribution in [3.8, 4) is 0 Å². The van der Waals surface area contributed by atoms with E-state index in [1.165, 1.54) is 16.0 Å². The smallest absolute Gasteiger partial charge is 0.320 e. The number of carboxylic acids is 1. The van der Waals surface area contributed by atoms with E-state index >= 15 is 0 Å². The van der Waals surface area contributed by atoms with Gasteiger partial charge in [-0.15, -0.1) is 11.8 Å². The minimum atomic E-state index is -0.752. The van der Waals surface area contributed by atoms with Crippen molar-refractivity contribution >= 4 is 17.7 Å². The van der Waals surface area contributed by atoms with Crippen molar-refractivity contribution < 1.29 is 9.90 Å². The lowest BCUT2D eigenvalue weighted by atomic mass is 10.1. The third-order valence-corrected chi connectivity index (χ3v) is 4.11. The van der Waals surface area contributed by atoms with Gasteiger partial charge in [-0.2, -0.15) is 0 Å². The van der Waals surface area contributed by atoms with Crippen molar-refractivity contribution in [1.29, 1.82) is 0 Å². The highest BCUT2D eigenvalue weighted by molar-refractivity contribution is 7.99. The predicted molar refractivity (Wildman–Crippen MR) is 81.0 cm³/mol. The summed E-state index contributed by atoms with van der Waals surface area (Å²) in [4.78, 5) is 12.2. The molecule has 0 aliphatic heterocycles. The van der Waals surface area contributed by atoms with Crippen molar-refractivity contribution in [1.82, 2.24) is 5.32 Å². The zero-order valence-electron chi connectivity index (χ0n) is 11.9. The SMILES string of the molecule is CCCC(NCCSc1ccc(C)c(C)c1)C(=O)O. The Bertz CT molecular complexity index is 421. The normalized spacial score (nSPS) is 12.4. The van der Waals surface area contributed by atoms with E-state index in [0.29, 0.717) is 13.0 Å². The zero-order chi connectivity index (χ0) is 14.3. The van der Waals surface area contributed by atoms with E-state index < -0.39 is 12.0 Å². The molecular formula is C15H23NO2S. The summed E-state index contributed by atoms with van der Waals surface area (Å²) >= 11 is 1.76. The summed E-state index contributed by atoms with van der Waals surface area (Å²) in [6.45, 7) is 6.93. The summed E-state index contributed by atoms with van der Waals surface area (Å²) < 4.78 is 0. The Balaban J connectivity index is 2.33. The molecule has 106 valence electrons. The Hall–Kier alpha value is -1.00. The van der Waals surface area contributed by atoms with Crippen LogP contribution < -0.4 is 5.32 Å². The summed E-state index contributed by atoms with van der Waals surface area (Å²) in [7, 11) is 0. The molecule has 0 aromatic heterocycles. The van der Waals surface area contributed by atoms with E-state index in [1.54, 1.807) is 11.8 Å². The first-order chi connectivity index (χ1) is 9.04. The van der Waals surface area contributed by atoms with Gasteiger partial charge in [0.2, 0.25) is 0 Å². The molecule has 0 fully saturated rings. The van der Waals surface area contributed by atoms with Gasteiger partial charge >= 0.3 is 5.97 Å². The molecule has 0 aliphatic rings. The van der Waals surface area contributed by atoms with Crippen LogP contribution in [0, 0.1) is 13.8 Å². The van der Waals surface area contributed by atoms with Crippen LogP contribution in [-0.2, 0) is 4.79 Å². The number of thioether (sulfide) groups is 1. The lowest BCUT2D eigenvalue weighted by Gasteiger charge is -2.13. The van der Waals surface area contributed by atoms with Crippen molar-refractivity contribution in [2.75, 3.05) is 12.3 Å². The molecule has 1 aromatic rings. The van der Waals surface area contributed by atoms with Crippen LogP contribution in [0.4, 0.5) is 0 Å². The van der Waals surface area contributed by atoms with E-state index in [-0.39, 0.29) is 0 Å². The van der Waals surface area contributed by atoms with Crippen LogP contribution in [0.5, 0.6) is 0 Å². The molecule has 2 N–H and O–H groups in total. The van der Waals surface area contributed by atoms with Gasteiger partial charge in [0.25, 0.3) is 0 Å². The molecule has 19 heavy (non-hydrogen) atoms. The minimum Gasteiger partial charge on any atom is -0.480 e. The summed E-state index contributed by atoms with van der Waals surface area (Å²) in [5, 5.41) is 12.1. The average molecular weight is 281 g/mol. The highest BCUT2D eigenvalue weighted by Crippen LogP contribution is 2.20. The summed E-state index contributed by atoms with van der Waals surface area (Å²) in [5.41, 5.74) is 2.60. The fourth-order valence-electron chi connectivity index (χ4n) is 1.81. The Labute approximate surface area is 119 Å². The first kappa shape index (κ1) is 16.1. The van der Waals surface area contributed by atoms with Crippen LogP contribution in [0.3, 0.4) is 0 Å². The molecule has 0 bridgehead atoms. The number of aryl methyl sites for hydroxylation is 2. The van der Waals surface area contributed by atoms with Gasteiger partial charge in [-0.25, -0.2) is 0 Å². The highest BCUT2D eigenvalue weighted by atomic mass is 32.2. The van der Waals surface area contributed by atoms with Gasteiger partial charge in [0.15, 0.2) is 0 Å². The molecule has 4 heteroatoms. The monoisotopic (exact) mass is 281 g/mol. The number of carboxylic acid groups (broad SMARTS) is 1. The molecule has 1 unspecified atom stereocenters. The van der Waals surface area contributed by atoms with Gasteiger partial charge in [0, 0.05) is 17.2 Å². The minimum absolute atomic E-state index is 0.412. The van der Waals surface area contributed by atoms with Crippen LogP contribution in [-0.4, -0.2) is 29.4 Å². The quantitative estimate of drug-likeness (QED) is 0.567. The number of aliphatic carboxylic acids is 1. The third-order valence-electron chi connectivity index (χ3n) is 3.12. The molecule has 1 atom stereocenters. The van der Waals surface area contributed by atoms with Gasteiger partial charge in [-0.3, -0.25) is 4.79 Å². The Morgan fingerprint density at radius 2 is 2.11 bits per heavy atom. The lowest BCUT2D eigenvalue weighted by Crippen LogP contribution is -2.37. The summed E-state index contributed by atoms with van der Waals surface area (Å²) in [6.07, 6.45) is 1.57. The Kier molecular flexibility index (Phi) is 6.95. The molecular weight excluding hydrogens is 258 g/mol.